The van der Waals surface area contributed by atoms with E-state index in [1.54, 1.807) is 0 Å². The molecule has 26 heavy (non-hydrogen) atoms. The first-order chi connectivity index (χ1) is 12.3. The highest BCUT2D eigenvalue weighted by Gasteiger charge is 2.29. The van der Waals surface area contributed by atoms with E-state index in [2.05, 4.69) is 10.0 Å². The topological polar surface area (TPSA) is 118 Å². The van der Waals surface area contributed by atoms with Crippen molar-refractivity contribution in [1.29, 1.82) is 0 Å². The van der Waals surface area contributed by atoms with Crippen LogP contribution in [0.1, 0.15) is 33.6 Å². The van der Waals surface area contributed by atoms with Crippen molar-refractivity contribution in [2.24, 2.45) is 5.73 Å². The lowest BCUT2D eigenvalue weighted by Gasteiger charge is -2.10. The van der Waals surface area contributed by atoms with Gasteiger partial charge in [-0.25, -0.2) is 13.1 Å². The van der Waals surface area contributed by atoms with Crippen LogP contribution in [0.5, 0.6) is 0 Å². The number of benzene rings is 2. The molecular formula is C17H16ClN3O4S. The highest BCUT2D eigenvalue weighted by molar-refractivity contribution is 7.89. The van der Waals surface area contributed by atoms with Gasteiger partial charge in [-0.15, -0.1) is 0 Å². The van der Waals surface area contributed by atoms with Crippen molar-refractivity contribution < 1.29 is 18.0 Å². The Kier molecular flexibility index (Phi) is 4.99. The lowest BCUT2D eigenvalue weighted by Crippen LogP contribution is -2.26. The van der Waals surface area contributed by atoms with Gasteiger partial charge < -0.3 is 11.1 Å². The molecule has 2 aromatic carbocycles. The molecule has 0 heterocycles. The van der Waals surface area contributed by atoms with Gasteiger partial charge in [0.2, 0.25) is 15.9 Å². The van der Waals surface area contributed by atoms with E-state index in [1.165, 1.54) is 42.5 Å². The van der Waals surface area contributed by atoms with E-state index in [1.807, 2.05) is 0 Å². The first-order valence-electron chi connectivity index (χ1n) is 7.79. The number of carbonyl (C=O) groups is 2. The summed E-state index contributed by atoms with van der Waals surface area (Å²) in [5, 5.41) is 2.67. The number of rotatable bonds is 6. The molecule has 0 aliphatic heterocycles. The number of nitrogens with two attached hydrogens (primary N) is 1. The molecule has 2 aromatic rings. The SMILES string of the molecule is NC(=O)c1ccc(NC(=O)c2ccc(Cl)c(S(=O)(=O)NC3CC3)c2)cc1. The number of sulfonamides is 1. The van der Waals surface area contributed by atoms with Crippen LogP contribution in [0.25, 0.3) is 0 Å². The van der Waals surface area contributed by atoms with Crippen LogP contribution < -0.4 is 15.8 Å². The molecule has 0 saturated heterocycles. The third-order valence-electron chi connectivity index (χ3n) is 3.81. The molecular weight excluding hydrogens is 378 g/mol. The van der Waals surface area contributed by atoms with Gasteiger partial charge in [-0.1, -0.05) is 11.6 Å². The number of hydrogen-bond acceptors (Lipinski definition) is 4. The van der Waals surface area contributed by atoms with Gasteiger partial charge in [-0.3, -0.25) is 9.59 Å². The second-order valence-corrected chi connectivity index (χ2v) is 8.03. The van der Waals surface area contributed by atoms with E-state index >= 15 is 0 Å². The number of halogens is 1. The third kappa shape index (κ3) is 4.21. The number of nitrogens with one attached hydrogen (secondary N) is 2. The zero-order valence-electron chi connectivity index (χ0n) is 13.5. The Morgan fingerprint density at radius 2 is 1.65 bits per heavy atom. The van der Waals surface area contributed by atoms with Crippen molar-refractivity contribution in [3.8, 4) is 0 Å². The van der Waals surface area contributed by atoms with E-state index in [0.29, 0.717) is 11.3 Å². The van der Waals surface area contributed by atoms with Gasteiger partial charge in [0, 0.05) is 22.9 Å². The van der Waals surface area contributed by atoms with Crippen LogP contribution in [0.3, 0.4) is 0 Å². The van der Waals surface area contributed by atoms with Gasteiger partial charge in [-0.2, -0.15) is 0 Å². The van der Waals surface area contributed by atoms with Gasteiger partial charge in [-0.05, 0) is 55.3 Å². The summed E-state index contributed by atoms with van der Waals surface area (Å²) in [6.07, 6.45) is 1.58. The lowest BCUT2D eigenvalue weighted by atomic mass is 10.1. The Balaban J connectivity index is 1.81. The second-order valence-electron chi connectivity index (χ2n) is 5.94. The van der Waals surface area contributed by atoms with Crippen LogP contribution in [0, 0.1) is 0 Å². The zero-order chi connectivity index (χ0) is 18.9. The summed E-state index contributed by atoms with van der Waals surface area (Å²) in [7, 11) is -3.79. The van der Waals surface area contributed by atoms with E-state index in [4.69, 9.17) is 17.3 Å². The van der Waals surface area contributed by atoms with Gasteiger partial charge >= 0.3 is 0 Å². The maximum Gasteiger partial charge on any atom is 0.255 e. The van der Waals surface area contributed by atoms with E-state index in [-0.39, 0.29) is 21.5 Å². The number of hydrogen-bond donors (Lipinski definition) is 3. The van der Waals surface area contributed by atoms with Crippen LogP contribution in [0.4, 0.5) is 5.69 Å². The number of carbonyl (C=O) groups excluding carboxylic acids is 2. The summed E-state index contributed by atoms with van der Waals surface area (Å²) in [6, 6.07) is 9.99. The fraction of sp³-hybridized carbons (Fsp3) is 0.176. The molecule has 9 heteroatoms. The third-order valence-corrected chi connectivity index (χ3v) is 5.81. The predicted molar refractivity (Wildman–Crippen MR) is 97.7 cm³/mol. The number of primary amides is 1. The Morgan fingerprint density at radius 1 is 1.04 bits per heavy atom. The largest absolute Gasteiger partial charge is 0.366 e. The molecule has 3 rings (SSSR count). The molecule has 7 nitrogen and oxygen atoms in total. The summed E-state index contributed by atoms with van der Waals surface area (Å²) < 4.78 is 27.3. The van der Waals surface area contributed by atoms with Crippen LogP contribution in [0.15, 0.2) is 47.4 Å². The highest BCUT2D eigenvalue weighted by atomic mass is 35.5. The van der Waals surface area contributed by atoms with Gasteiger partial charge in [0.1, 0.15) is 4.90 Å². The number of anilines is 1. The van der Waals surface area contributed by atoms with E-state index < -0.39 is 21.8 Å². The van der Waals surface area contributed by atoms with Gasteiger partial charge in [0.25, 0.3) is 5.91 Å². The van der Waals surface area contributed by atoms with Gasteiger partial charge in [0.05, 0.1) is 5.02 Å². The first kappa shape index (κ1) is 18.4. The minimum absolute atomic E-state index is 0.0421. The second kappa shape index (κ2) is 7.06. The summed E-state index contributed by atoms with van der Waals surface area (Å²) >= 11 is 6.00. The molecule has 0 atom stereocenters. The zero-order valence-corrected chi connectivity index (χ0v) is 15.1. The van der Waals surface area contributed by atoms with Crippen LogP contribution in [-0.4, -0.2) is 26.3 Å². The predicted octanol–water partition coefficient (Wildman–Crippen LogP) is 2.13. The molecule has 136 valence electrons. The molecule has 0 bridgehead atoms. The minimum Gasteiger partial charge on any atom is -0.366 e. The average molecular weight is 394 g/mol. The maximum absolute atomic E-state index is 12.4. The Labute approximate surface area is 155 Å². The molecule has 4 N–H and O–H groups in total. The van der Waals surface area contributed by atoms with Crippen LogP contribution in [0.2, 0.25) is 5.02 Å². The molecule has 1 saturated carbocycles. The lowest BCUT2D eigenvalue weighted by molar-refractivity contribution is 0.0998. The Hall–Kier alpha value is -2.42. The van der Waals surface area contributed by atoms with Crippen molar-refractivity contribution in [3.05, 3.63) is 58.6 Å². The Bertz CT molecular complexity index is 970. The molecule has 1 fully saturated rings. The molecule has 2 amide bonds. The van der Waals surface area contributed by atoms with Crippen molar-refractivity contribution >= 4 is 39.1 Å². The van der Waals surface area contributed by atoms with Gasteiger partial charge in [0.15, 0.2) is 0 Å². The Morgan fingerprint density at radius 3 is 2.23 bits per heavy atom. The van der Waals surface area contributed by atoms with Crippen molar-refractivity contribution in [3.63, 3.8) is 0 Å². The average Bonchev–Trinajstić information content (AvgIpc) is 3.38. The quantitative estimate of drug-likeness (QED) is 0.696. The minimum atomic E-state index is -3.79. The molecule has 0 spiro atoms. The van der Waals surface area contributed by atoms with Crippen LogP contribution in [-0.2, 0) is 10.0 Å². The summed E-state index contributed by atoms with van der Waals surface area (Å²) in [5.74, 6) is -1.07. The maximum atomic E-state index is 12.4. The fourth-order valence-electron chi connectivity index (χ4n) is 2.26. The first-order valence-corrected chi connectivity index (χ1v) is 9.65. The van der Waals surface area contributed by atoms with Crippen molar-refractivity contribution in [1.82, 2.24) is 4.72 Å². The standard InChI is InChI=1S/C17H16ClN3O4S/c18-14-8-3-11(9-15(14)26(24,25)21-13-6-7-13)17(23)20-12-4-1-10(2-5-12)16(19)22/h1-5,8-9,13,21H,6-7H2,(H2,19,22)(H,20,23). The molecule has 0 radical (unpaired) electrons. The molecule has 0 unspecified atom stereocenters. The molecule has 0 aromatic heterocycles. The molecule has 1 aliphatic carbocycles. The number of amides is 2. The van der Waals surface area contributed by atoms with Crippen LogP contribution >= 0.6 is 11.6 Å². The fourth-order valence-corrected chi connectivity index (χ4v) is 4.09. The molecule has 1 aliphatic rings. The summed E-state index contributed by atoms with van der Waals surface area (Å²) in [4.78, 5) is 23.3. The van der Waals surface area contributed by atoms with E-state index in [9.17, 15) is 18.0 Å². The highest BCUT2D eigenvalue weighted by Crippen LogP contribution is 2.27. The summed E-state index contributed by atoms with van der Waals surface area (Å²) in [5.41, 5.74) is 6.06. The normalized spacial score (nSPS) is 14.0. The monoisotopic (exact) mass is 393 g/mol. The van der Waals surface area contributed by atoms with E-state index in [0.717, 1.165) is 12.8 Å². The van der Waals surface area contributed by atoms with Crippen molar-refractivity contribution in [2.45, 2.75) is 23.8 Å². The smallest absolute Gasteiger partial charge is 0.255 e. The summed E-state index contributed by atoms with van der Waals surface area (Å²) in [6.45, 7) is 0. The van der Waals surface area contributed by atoms with Crippen molar-refractivity contribution in [2.75, 3.05) is 5.32 Å².